The van der Waals surface area contributed by atoms with Gasteiger partial charge in [-0.3, -0.25) is 14.9 Å². The van der Waals surface area contributed by atoms with Crippen LogP contribution in [0.3, 0.4) is 0 Å². The number of amides is 2. The van der Waals surface area contributed by atoms with E-state index in [-0.39, 0.29) is 23.4 Å². The smallest absolute Gasteiger partial charge is 0.410 e. The number of carbonyl (C=O) groups excluding carboxylic acids is 2. The number of non-ortho nitro benzene ring substituents is 1. The quantitative estimate of drug-likeness (QED) is 0.624. The van der Waals surface area contributed by atoms with E-state index in [1.807, 2.05) is 4.90 Å². The van der Waals surface area contributed by atoms with Gasteiger partial charge in [-0.25, -0.2) is 4.79 Å². The third-order valence-corrected chi connectivity index (χ3v) is 4.46. The summed E-state index contributed by atoms with van der Waals surface area (Å²) in [6.07, 6.45) is 2.70. The highest BCUT2D eigenvalue weighted by atomic mass is 16.6. The minimum atomic E-state index is -0.506. The van der Waals surface area contributed by atoms with Crippen molar-refractivity contribution in [3.8, 4) is 5.75 Å². The maximum Gasteiger partial charge on any atom is 0.415 e. The molecule has 0 bridgehead atoms. The van der Waals surface area contributed by atoms with Gasteiger partial charge in [0, 0.05) is 44.2 Å². The lowest BCUT2D eigenvalue weighted by atomic mass is 10.0. The van der Waals surface area contributed by atoms with Gasteiger partial charge in [0.1, 0.15) is 5.75 Å². The maximum atomic E-state index is 12.3. The Bertz CT molecular complexity index is 646. The average molecular weight is 333 g/mol. The van der Waals surface area contributed by atoms with Gasteiger partial charge >= 0.3 is 6.09 Å². The molecule has 128 valence electrons. The third-order valence-electron chi connectivity index (χ3n) is 4.46. The van der Waals surface area contributed by atoms with Crippen LogP contribution >= 0.6 is 0 Å². The number of hydrogen-bond donors (Lipinski definition) is 0. The summed E-state index contributed by atoms with van der Waals surface area (Å²) in [5.74, 6) is 0.426. The summed E-state index contributed by atoms with van der Waals surface area (Å²) in [5, 5.41) is 10.6. The van der Waals surface area contributed by atoms with Crippen LogP contribution in [0.5, 0.6) is 5.75 Å². The fourth-order valence-electron chi connectivity index (χ4n) is 3.23. The Morgan fingerprint density at radius 3 is 2.58 bits per heavy atom. The summed E-state index contributed by atoms with van der Waals surface area (Å²) in [6.45, 7) is 1.82. The molecule has 3 rings (SSSR count). The van der Waals surface area contributed by atoms with E-state index in [0.29, 0.717) is 19.5 Å². The number of nitro benzene ring substituents is 1. The van der Waals surface area contributed by atoms with Crippen molar-refractivity contribution in [3.05, 3.63) is 34.4 Å². The fraction of sp³-hybridized carbons (Fsp3) is 0.500. The van der Waals surface area contributed by atoms with E-state index in [0.717, 1.165) is 25.8 Å². The van der Waals surface area contributed by atoms with Crippen molar-refractivity contribution in [3.63, 3.8) is 0 Å². The molecule has 2 aliphatic heterocycles. The predicted octanol–water partition coefficient (Wildman–Crippen LogP) is 2.18. The van der Waals surface area contributed by atoms with Crippen molar-refractivity contribution in [1.29, 1.82) is 0 Å². The van der Waals surface area contributed by atoms with E-state index < -0.39 is 11.0 Å². The molecule has 0 radical (unpaired) electrons. The zero-order valence-corrected chi connectivity index (χ0v) is 13.2. The summed E-state index contributed by atoms with van der Waals surface area (Å²) in [5.41, 5.74) is -0.0552. The van der Waals surface area contributed by atoms with Gasteiger partial charge in [0.2, 0.25) is 5.91 Å². The molecule has 0 unspecified atom stereocenters. The van der Waals surface area contributed by atoms with Gasteiger partial charge in [-0.05, 0) is 31.4 Å². The molecule has 2 amide bonds. The number of hydrogen-bond acceptors (Lipinski definition) is 5. The van der Waals surface area contributed by atoms with Crippen LogP contribution in [-0.4, -0.2) is 52.4 Å². The normalized spacial score (nSPS) is 21.0. The first-order valence-corrected chi connectivity index (χ1v) is 8.05. The van der Waals surface area contributed by atoms with Gasteiger partial charge in [0.05, 0.1) is 4.92 Å². The van der Waals surface area contributed by atoms with Crippen molar-refractivity contribution in [2.24, 2.45) is 0 Å². The molecular weight excluding hydrogens is 314 g/mol. The van der Waals surface area contributed by atoms with E-state index in [2.05, 4.69) is 0 Å². The van der Waals surface area contributed by atoms with Gasteiger partial charge in [-0.2, -0.15) is 0 Å². The molecule has 2 fully saturated rings. The van der Waals surface area contributed by atoms with Crippen LogP contribution in [0.2, 0.25) is 0 Å². The highest BCUT2D eigenvalue weighted by molar-refractivity contribution is 5.78. The zero-order valence-electron chi connectivity index (χ0n) is 13.2. The van der Waals surface area contributed by atoms with Gasteiger partial charge in [0.15, 0.2) is 0 Å². The molecule has 2 aliphatic rings. The van der Waals surface area contributed by atoms with E-state index in [1.165, 1.54) is 24.3 Å². The molecule has 1 atom stereocenters. The van der Waals surface area contributed by atoms with E-state index >= 15 is 0 Å². The molecule has 0 aliphatic carbocycles. The summed E-state index contributed by atoms with van der Waals surface area (Å²) in [7, 11) is 0. The zero-order chi connectivity index (χ0) is 17.1. The fourth-order valence-corrected chi connectivity index (χ4v) is 3.23. The topological polar surface area (TPSA) is 93.0 Å². The van der Waals surface area contributed by atoms with Crippen LogP contribution in [0.25, 0.3) is 0 Å². The van der Waals surface area contributed by atoms with Gasteiger partial charge in [-0.15, -0.1) is 0 Å². The molecule has 24 heavy (non-hydrogen) atoms. The Morgan fingerprint density at radius 2 is 1.96 bits per heavy atom. The minimum Gasteiger partial charge on any atom is -0.410 e. The number of carbonyl (C=O) groups is 2. The van der Waals surface area contributed by atoms with Crippen molar-refractivity contribution in [1.82, 2.24) is 9.80 Å². The maximum absolute atomic E-state index is 12.3. The molecule has 2 saturated heterocycles. The third kappa shape index (κ3) is 3.47. The molecule has 8 nitrogen and oxygen atoms in total. The molecule has 8 heteroatoms. The van der Waals surface area contributed by atoms with Crippen molar-refractivity contribution in [2.45, 2.75) is 31.7 Å². The van der Waals surface area contributed by atoms with E-state index in [9.17, 15) is 19.7 Å². The van der Waals surface area contributed by atoms with Crippen LogP contribution in [0.15, 0.2) is 24.3 Å². The van der Waals surface area contributed by atoms with Crippen LogP contribution < -0.4 is 4.74 Å². The molecule has 2 heterocycles. The molecule has 0 aromatic heterocycles. The van der Waals surface area contributed by atoms with Crippen molar-refractivity contribution in [2.75, 3.05) is 19.6 Å². The molecule has 0 saturated carbocycles. The SMILES string of the molecule is O=C(Oc1ccc([N+](=O)[O-])cc1)N1CCC[C@@H](N2CCCC2=O)C1. The first kappa shape index (κ1) is 16.2. The van der Waals surface area contributed by atoms with Crippen molar-refractivity contribution < 1.29 is 19.2 Å². The summed E-state index contributed by atoms with van der Waals surface area (Å²) >= 11 is 0. The number of likely N-dealkylation sites (tertiary alicyclic amines) is 2. The Morgan fingerprint density at radius 1 is 1.21 bits per heavy atom. The first-order chi connectivity index (χ1) is 11.5. The second-order valence-electron chi connectivity index (χ2n) is 6.05. The largest absolute Gasteiger partial charge is 0.415 e. The molecule has 1 aromatic rings. The van der Waals surface area contributed by atoms with Crippen LogP contribution in [0, 0.1) is 10.1 Å². The minimum absolute atomic E-state index is 0.0539. The highest BCUT2D eigenvalue weighted by Gasteiger charge is 2.33. The predicted molar refractivity (Wildman–Crippen MR) is 84.7 cm³/mol. The summed E-state index contributed by atoms with van der Waals surface area (Å²) < 4.78 is 5.29. The lowest BCUT2D eigenvalue weighted by molar-refractivity contribution is -0.384. The van der Waals surface area contributed by atoms with Gasteiger partial charge in [0.25, 0.3) is 5.69 Å². The number of nitrogens with zero attached hydrogens (tertiary/aromatic N) is 3. The number of piperidine rings is 1. The Balaban J connectivity index is 1.60. The van der Waals surface area contributed by atoms with Crippen molar-refractivity contribution >= 4 is 17.7 Å². The second kappa shape index (κ2) is 6.86. The molecule has 1 aromatic carbocycles. The molecule has 0 spiro atoms. The Kier molecular flexibility index (Phi) is 4.64. The van der Waals surface area contributed by atoms with Crippen LogP contribution in [0.1, 0.15) is 25.7 Å². The number of rotatable bonds is 3. The van der Waals surface area contributed by atoms with Gasteiger partial charge < -0.3 is 14.5 Å². The average Bonchev–Trinajstić information content (AvgIpc) is 3.01. The number of ether oxygens (including phenoxy) is 1. The number of nitro groups is 1. The molecule has 0 N–H and O–H groups in total. The van der Waals surface area contributed by atoms with E-state index in [1.54, 1.807) is 4.90 Å². The Hall–Kier alpha value is -2.64. The Labute approximate surface area is 139 Å². The monoisotopic (exact) mass is 333 g/mol. The first-order valence-electron chi connectivity index (χ1n) is 8.05. The standard InChI is InChI=1S/C16H19N3O5/c20-15-4-2-10-18(15)13-3-1-9-17(11-13)16(21)24-14-7-5-12(6-8-14)19(22)23/h5-8,13H,1-4,9-11H2/t13-/m1/s1. The summed E-state index contributed by atoms with van der Waals surface area (Å²) in [6, 6.07) is 5.45. The van der Waals surface area contributed by atoms with Crippen LogP contribution in [0.4, 0.5) is 10.5 Å². The number of benzene rings is 1. The summed E-state index contributed by atoms with van der Waals surface area (Å²) in [4.78, 5) is 37.7. The second-order valence-corrected chi connectivity index (χ2v) is 6.05. The highest BCUT2D eigenvalue weighted by Crippen LogP contribution is 2.23. The molecular formula is C16H19N3O5. The lowest BCUT2D eigenvalue weighted by Gasteiger charge is -2.36. The van der Waals surface area contributed by atoms with Crippen LogP contribution in [-0.2, 0) is 4.79 Å². The van der Waals surface area contributed by atoms with E-state index in [4.69, 9.17) is 4.74 Å². The van der Waals surface area contributed by atoms with Gasteiger partial charge in [-0.1, -0.05) is 0 Å². The lowest BCUT2D eigenvalue weighted by Crippen LogP contribution is -2.50.